The number of carbonyl (C=O) groups is 2. The number of nitrogens with one attached hydrogen (secondary N) is 2. The van der Waals surface area contributed by atoms with Crippen LogP contribution in [-0.4, -0.2) is 25.1 Å². The Labute approximate surface area is 153 Å². The van der Waals surface area contributed by atoms with Gasteiger partial charge in [0.05, 0.1) is 30.0 Å². The average Bonchev–Trinajstić information content (AvgIpc) is 2.70. The van der Waals surface area contributed by atoms with Gasteiger partial charge in [-0.25, -0.2) is 5.43 Å². The van der Waals surface area contributed by atoms with Crippen molar-refractivity contribution in [2.75, 3.05) is 12.4 Å². The fourth-order valence-electron chi connectivity index (χ4n) is 2.32. The maximum absolute atomic E-state index is 12.3. The fourth-order valence-corrected chi connectivity index (χ4v) is 2.32. The van der Waals surface area contributed by atoms with E-state index in [2.05, 4.69) is 15.8 Å². The number of hydrogen-bond donors (Lipinski definition) is 2. The molecule has 2 amide bonds. The standard InChI is InChI=1S/C19H15N3O5/c1-26-16-9-5-3-7-14(16)21-18(24)19(25)22-20-10-12-11-27-15-8-4-2-6-13(15)17(12)23/h2-11H,1H3,(H,21,24)(H,22,25)/b20-10+. The van der Waals surface area contributed by atoms with Crippen molar-refractivity contribution in [3.63, 3.8) is 0 Å². The van der Waals surface area contributed by atoms with Crippen molar-refractivity contribution in [1.29, 1.82) is 0 Å². The molecule has 0 fully saturated rings. The van der Waals surface area contributed by atoms with Crippen LogP contribution in [0.25, 0.3) is 11.0 Å². The zero-order valence-corrected chi connectivity index (χ0v) is 14.3. The summed E-state index contributed by atoms with van der Waals surface area (Å²) in [6, 6.07) is 13.4. The van der Waals surface area contributed by atoms with Crippen molar-refractivity contribution in [3.8, 4) is 5.75 Å². The van der Waals surface area contributed by atoms with Crippen LogP contribution in [0.5, 0.6) is 5.75 Å². The Morgan fingerprint density at radius 2 is 1.81 bits per heavy atom. The summed E-state index contributed by atoms with van der Waals surface area (Å²) in [5, 5.41) is 6.44. The number of amides is 2. The minimum absolute atomic E-state index is 0.138. The number of carbonyl (C=O) groups excluding carboxylic acids is 2. The summed E-state index contributed by atoms with van der Waals surface area (Å²) in [5.41, 5.74) is 2.69. The number of benzene rings is 2. The second-order valence-electron chi connectivity index (χ2n) is 5.37. The molecule has 136 valence electrons. The number of ether oxygens (including phenoxy) is 1. The molecule has 1 heterocycles. The Hall–Kier alpha value is -3.94. The van der Waals surface area contributed by atoms with Gasteiger partial charge in [-0.2, -0.15) is 5.10 Å². The van der Waals surface area contributed by atoms with E-state index in [1.165, 1.54) is 13.4 Å². The molecule has 2 N–H and O–H groups in total. The van der Waals surface area contributed by atoms with Crippen LogP contribution >= 0.6 is 0 Å². The van der Waals surface area contributed by atoms with E-state index in [9.17, 15) is 14.4 Å². The molecule has 0 atom stereocenters. The minimum atomic E-state index is -0.998. The van der Waals surface area contributed by atoms with Crippen molar-refractivity contribution in [1.82, 2.24) is 5.43 Å². The molecular formula is C19H15N3O5. The van der Waals surface area contributed by atoms with Gasteiger partial charge in [-0.3, -0.25) is 14.4 Å². The quantitative estimate of drug-likeness (QED) is 0.417. The SMILES string of the molecule is COc1ccccc1NC(=O)C(=O)N/N=C/c1coc2ccccc2c1=O. The molecule has 8 nitrogen and oxygen atoms in total. The molecule has 27 heavy (non-hydrogen) atoms. The van der Waals surface area contributed by atoms with E-state index in [0.717, 1.165) is 6.21 Å². The highest BCUT2D eigenvalue weighted by Gasteiger charge is 2.15. The summed E-state index contributed by atoms with van der Waals surface area (Å²) in [4.78, 5) is 36.1. The predicted molar refractivity (Wildman–Crippen MR) is 99.8 cm³/mol. The highest BCUT2D eigenvalue weighted by atomic mass is 16.5. The number of hydrogen-bond acceptors (Lipinski definition) is 6. The normalized spacial score (nSPS) is 10.7. The summed E-state index contributed by atoms with van der Waals surface area (Å²) in [6.45, 7) is 0. The molecule has 0 saturated carbocycles. The summed E-state index contributed by atoms with van der Waals surface area (Å²) >= 11 is 0. The maximum Gasteiger partial charge on any atom is 0.329 e. The molecule has 0 spiro atoms. The van der Waals surface area contributed by atoms with E-state index in [1.54, 1.807) is 48.5 Å². The van der Waals surface area contributed by atoms with Gasteiger partial charge < -0.3 is 14.5 Å². The van der Waals surface area contributed by atoms with Gasteiger partial charge in [0.2, 0.25) is 5.43 Å². The molecule has 0 radical (unpaired) electrons. The van der Waals surface area contributed by atoms with Crippen molar-refractivity contribution in [2.24, 2.45) is 5.10 Å². The van der Waals surface area contributed by atoms with Gasteiger partial charge in [0.25, 0.3) is 0 Å². The van der Waals surface area contributed by atoms with E-state index in [1.807, 2.05) is 0 Å². The van der Waals surface area contributed by atoms with Gasteiger partial charge in [0, 0.05) is 0 Å². The topological polar surface area (TPSA) is 110 Å². The second-order valence-corrected chi connectivity index (χ2v) is 5.37. The first-order chi connectivity index (χ1) is 13.1. The van der Waals surface area contributed by atoms with E-state index in [0.29, 0.717) is 22.4 Å². The van der Waals surface area contributed by atoms with Crippen molar-refractivity contribution in [2.45, 2.75) is 0 Å². The first-order valence-electron chi connectivity index (χ1n) is 7.88. The minimum Gasteiger partial charge on any atom is -0.495 e. The first kappa shape index (κ1) is 17.9. The summed E-state index contributed by atoms with van der Waals surface area (Å²) in [7, 11) is 1.45. The number of para-hydroxylation sites is 3. The van der Waals surface area contributed by atoms with Gasteiger partial charge in [-0.05, 0) is 24.3 Å². The van der Waals surface area contributed by atoms with E-state index < -0.39 is 11.8 Å². The van der Waals surface area contributed by atoms with E-state index in [4.69, 9.17) is 9.15 Å². The van der Waals surface area contributed by atoms with Gasteiger partial charge in [0.1, 0.15) is 17.6 Å². The third-order valence-electron chi connectivity index (χ3n) is 3.64. The molecule has 2 aromatic carbocycles. The molecule has 1 aromatic heterocycles. The second kappa shape index (κ2) is 7.96. The van der Waals surface area contributed by atoms with E-state index >= 15 is 0 Å². The molecule has 3 aromatic rings. The zero-order valence-electron chi connectivity index (χ0n) is 14.3. The van der Waals surface area contributed by atoms with Crippen molar-refractivity contribution in [3.05, 3.63) is 70.6 Å². The molecule has 0 saturated heterocycles. The maximum atomic E-state index is 12.3. The first-order valence-corrected chi connectivity index (χ1v) is 7.88. The highest BCUT2D eigenvalue weighted by Crippen LogP contribution is 2.22. The molecule has 0 aliphatic heterocycles. The van der Waals surface area contributed by atoms with Gasteiger partial charge in [-0.1, -0.05) is 24.3 Å². The van der Waals surface area contributed by atoms with Crippen LogP contribution in [0.1, 0.15) is 5.56 Å². The largest absolute Gasteiger partial charge is 0.495 e. The molecule has 0 unspecified atom stereocenters. The lowest BCUT2D eigenvalue weighted by Gasteiger charge is -2.08. The van der Waals surface area contributed by atoms with Crippen LogP contribution in [-0.2, 0) is 9.59 Å². The third-order valence-corrected chi connectivity index (χ3v) is 3.64. The number of rotatable bonds is 4. The van der Waals surface area contributed by atoms with Gasteiger partial charge >= 0.3 is 11.8 Å². The Bertz CT molecular complexity index is 1090. The van der Waals surface area contributed by atoms with Crippen LogP contribution < -0.4 is 20.9 Å². The summed E-state index contributed by atoms with van der Waals surface area (Å²) in [5.74, 6) is -1.51. The van der Waals surface area contributed by atoms with Crippen molar-refractivity contribution < 1.29 is 18.7 Å². The fraction of sp³-hybridized carbons (Fsp3) is 0.0526. The van der Waals surface area contributed by atoms with Crippen LogP contribution in [0.4, 0.5) is 5.69 Å². The third kappa shape index (κ3) is 4.01. The molecule has 3 rings (SSSR count). The molecule has 8 heteroatoms. The average molecular weight is 365 g/mol. The molecule has 0 aliphatic rings. The lowest BCUT2D eigenvalue weighted by Crippen LogP contribution is -2.32. The van der Waals surface area contributed by atoms with Crippen LogP contribution in [0.15, 0.2) is 69.1 Å². The lowest BCUT2D eigenvalue weighted by molar-refractivity contribution is -0.136. The molecule has 0 aliphatic carbocycles. The van der Waals surface area contributed by atoms with Crippen LogP contribution in [0.2, 0.25) is 0 Å². The monoisotopic (exact) mass is 365 g/mol. The Kier molecular flexibility index (Phi) is 5.27. The zero-order chi connectivity index (χ0) is 19.2. The highest BCUT2D eigenvalue weighted by molar-refractivity contribution is 6.39. The number of anilines is 1. The van der Waals surface area contributed by atoms with Gasteiger partial charge in [-0.15, -0.1) is 0 Å². The number of hydrazone groups is 1. The number of nitrogens with zero attached hydrogens (tertiary/aromatic N) is 1. The Morgan fingerprint density at radius 1 is 1.07 bits per heavy atom. The summed E-state index contributed by atoms with van der Waals surface area (Å²) < 4.78 is 10.4. The molecule has 0 bridgehead atoms. The van der Waals surface area contributed by atoms with Gasteiger partial charge in [0.15, 0.2) is 0 Å². The van der Waals surface area contributed by atoms with Crippen molar-refractivity contribution >= 4 is 34.7 Å². The van der Waals surface area contributed by atoms with E-state index in [-0.39, 0.29) is 11.0 Å². The lowest BCUT2D eigenvalue weighted by atomic mass is 10.2. The number of methoxy groups -OCH3 is 1. The Balaban J connectivity index is 1.67. The Morgan fingerprint density at radius 3 is 2.63 bits per heavy atom. The molecular weight excluding hydrogens is 350 g/mol. The summed E-state index contributed by atoms with van der Waals surface area (Å²) in [6.07, 6.45) is 2.35. The smallest absolute Gasteiger partial charge is 0.329 e. The predicted octanol–water partition coefficient (Wildman–Crippen LogP) is 1.89. The number of fused-ring (bicyclic) bond motifs is 1. The van der Waals surface area contributed by atoms with Crippen LogP contribution in [0, 0.1) is 0 Å². The van der Waals surface area contributed by atoms with Crippen LogP contribution in [0.3, 0.4) is 0 Å².